The second-order valence-electron chi connectivity index (χ2n) is 5.58. The first-order chi connectivity index (χ1) is 11.4. The van der Waals surface area contributed by atoms with E-state index in [0.29, 0.717) is 5.75 Å². The summed E-state index contributed by atoms with van der Waals surface area (Å²) in [5.41, 5.74) is 2.13. The van der Waals surface area contributed by atoms with Crippen LogP contribution in [0.2, 0.25) is 5.02 Å². The Labute approximate surface area is 144 Å². The Morgan fingerprint density at radius 2 is 1.92 bits per heavy atom. The molecular weight excluding hydrogens is 352 g/mol. The molecule has 126 valence electrons. The van der Waals surface area contributed by atoms with Gasteiger partial charge >= 0.3 is 5.97 Å². The Hall–Kier alpha value is -2.05. The zero-order chi connectivity index (χ0) is 17.3. The zero-order valence-electron chi connectivity index (χ0n) is 12.6. The summed E-state index contributed by atoms with van der Waals surface area (Å²) >= 11 is 6.18. The maximum absolute atomic E-state index is 11.9. The van der Waals surface area contributed by atoms with Crippen molar-refractivity contribution < 1.29 is 23.1 Å². The lowest BCUT2D eigenvalue weighted by atomic mass is 10.1. The number of rotatable bonds is 5. The average molecular weight is 367 g/mol. The first kappa shape index (κ1) is 16.8. The van der Waals surface area contributed by atoms with E-state index >= 15 is 0 Å². The third-order valence-corrected chi connectivity index (χ3v) is 5.90. The highest BCUT2D eigenvalue weighted by molar-refractivity contribution is 7.92. The first-order valence-corrected chi connectivity index (χ1v) is 9.38. The van der Waals surface area contributed by atoms with Gasteiger partial charge in [-0.15, -0.1) is 0 Å². The van der Waals surface area contributed by atoms with E-state index in [1.165, 1.54) is 24.3 Å². The molecule has 3 rings (SSSR count). The van der Waals surface area contributed by atoms with Crippen molar-refractivity contribution in [1.82, 2.24) is 0 Å². The van der Waals surface area contributed by atoms with E-state index < -0.39 is 21.6 Å². The monoisotopic (exact) mass is 366 g/mol. The van der Waals surface area contributed by atoms with Crippen molar-refractivity contribution in [3.8, 4) is 5.75 Å². The molecule has 5 nitrogen and oxygen atoms in total. The topological polar surface area (TPSA) is 80.7 Å². The fraction of sp³-hybridized carbons (Fsp3) is 0.235. The van der Waals surface area contributed by atoms with Crippen LogP contribution >= 0.6 is 11.6 Å². The van der Waals surface area contributed by atoms with E-state index in [2.05, 4.69) is 0 Å². The summed E-state index contributed by atoms with van der Waals surface area (Å²) < 4.78 is 29.7. The van der Waals surface area contributed by atoms with Gasteiger partial charge in [0.05, 0.1) is 4.90 Å². The van der Waals surface area contributed by atoms with Crippen LogP contribution in [0.25, 0.3) is 0 Å². The van der Waals surface area contributed by atoms with Crippen molar-refractivity contribution in [3.63, 3.8) is 0 Å². The molecule has 1 aliphatic carbocycles. The molecular formula is C17H15ClO5S. The van der Waals surface area contributed by atoms with Gasteiger partial charge < -0.3 is 9.84 Å². The fourth-order valence-electron chi connectivity index (χ4n) is 2.83. The van der Waals surface area contributed by atoms with E-state index in [1.807, 2.05) is 18.2 Å². The molecule has 0 saturated carbocycles. The van der Waals surface area contributed by atoms with Crippen molar-refractivity contribution in [2.45, 2.75) is 23.8 Å². The van der Waals surface area contributed by atoms with Gasteiger partial charge in [-0.1, -0.05) is 23.7 Å². The molecule has 0 amide bonds. The molecule has 2 aromatic rings. The lowest BCUT2D eigenvalue weighted by molar-refractivity contribution is -0.134. The zero-order valence-corrected chi connectivity index (χ0v) is 14.2. The lowest BCUT2D eigenvalue weighted by Gasteiger charge is -2.15. The minimum Gasteiger partial charge on any atom is -0.486 e. The predicted molar refractivity (Wildman–Crippen MR) is 89.3 cm³/mol. The van der Waals surface area contributed by atoms with Gasteiger partial charge in [0.25, 0.3) is 0 Å². The summed E-state index contributed by atoms with van der Waals surface area (Å²) in [6.45, 7) is 0. The molecule has 1 aliphatic rings. The molecule has 1 atom stereocenters. The van der Waals surface area contributed by atoms with Gasteiger partial charge in [0.1, 0.15) is 11.9 Å². The molecule has 1 unspecified atom stereocenters. The van der Waals surface area contributed by atoms with Crippen molar-refractivity contribution in [1.29, 1.82) is 0 Å². The number of carboxylic acids is 1. The highest BCUT2D eigenvalue weighted by Crippen LogP contribution is 2.38. The molecule has 1 N–H and O–H groups in total. The molecule has 0 radical (unpaired) electrons. The van der Waals surface area contributed by atoms with Crippen molar-refractivity contribution in [2.75, 3.05) is 5.75 Å². The second-order valence-corrected chi connectivity index (χ2v) is 7.97. The van der Waals surface area contributed by atoms with Crippen LogP contribution in [0.3, 0.4) is 0 Å². The average Bonchev–Trinajstić information content (AvgIpc) is 2.91. The maximum Gasteiger partial charge on any atom is 0.319 e. The van der Waals surface area contributed by atoms with Crippen LogP contribution < -0.4 is 4.74 Å². The molecule has 0 bridgehead atoms. The molecule has 24 heavy (non-hydrogen) atoms. The summed E-state index contributed by atoms with van der Waals surface area (Å²) in [7, 11) is -3.83. The third-order valence-electron chi connectivity index (χ3n) is 3.93. The molecule has 0 saturated heterocycles. The number of hydrogen-bond acceptors (Lipinski definition) is 4. The quantitative estimate of drug-likeness (QED) is 0.878. The Balaban J connectivity index is 1.77. The standard InChI is InChI=1S/C17H15ClO5S/c18-15-3-1-2-14-13(15)8-9-16(14)23-11-4-6-12(7-5-11)24(21,22)10-17(19)20/h1-7,16H,8-10H2,(H,19,20). The minimum absolute atomic E-state index is 0.0351. The van der Waals surface area contributed by atoms with Crippen molar-refractivity contribution in [3.05, 3.63) is 58.6 Å². The van der Waals surface area contributed by atoms with Crippen LogP contribution in [0.4, 0.5) is 0 Å². The molecule has 0 spiro atoms. The summed E-state index contributed by atoms with van der Waals surface area (Å²) in [5.74, 6) is -1.78. The van der Waals surface area contributed by atoms with Gasteiger partial charge in [-0.2, -0.15) is 0 Å². The number of hydrogen-bond donors (Lipinski definition) is 1. The van der Waals surface area contributed by atoms with Crippen molar-refractivity contribution >= 4 is 27.4 Å². The van der Waals surface area contributed by atoms with Gasteiger partial charge in [0.2, 0.25) is 0 Å². The number of carboxylic acid groups (broad SMARTS) is 1. The maximum atomic E-state index is 11.9. The Morgan fingerprint density at radius 3 is 2.58 bits per heavy atom. The number of halogens is 1. The molecule has 0 aromatic heterocycles. The SMILES string of the molecule is O=C(O)CS(=O)(=O)c1ccc(OC2CCc3c(Cl)cccc32)cc1. The van der Waals surface area contributed by atoms with Crippen molar-refractivity contribution in [2.24, 2.45) is 0 Å². The van der Waals surface area contributed by atoms with Crippen LogP contribution in [0, 0.1) is 0 Å². The van der Waals surface area contributed by atoms with E-state index in [4.69, 9.17) is 21.4 Å². The van der Waals surface area contributed by atoms with Crippen LogP contribution in [-0.4, -0.2) is 25.2 Å². The normalized spacial score (nSPS) is 16.6. The highest BCUT2D eigenvalue weighted by atomic mass is 35.5. The highest BCUT2D eigenvalue weighted by Gasteiger charge is 2.26. The van der Waals surface area contributed by atoms with Gasteiger partial charge in [0, 0.05) is 5.02 Å². The van der Waals surface area contributed by atoms with Gasteiger partial charge in [-0.05, 0) is 54.3 Å². The fourth-order valence-corrected chi connectivity index (χ4v) is 4.15. The Kier molecular flexibility index (Phi) is 4.51. The number of benzene rings is 2. The first-order valence-electron chi connectivity index (χ1n) is 7.35. The van der Waals surface area contributed by atoms with Gasteiger partial charge in [-0.25, -0.2) is 8.42 Å². The Morgan fingerprint density at radius 1 is 1.21 bits per heavy atom. The minimum atomic E-state index is -3.83. The lowest BCUT2D eigenvalue weighted by Crippen LogP contribution is -2.15. The third kappa shape index (κ3) is 3.39. The van der Waals surface area contributed by atoms with E-state index in [9.17, 15) is 13.2 Å². The number of aliphatic carboxylic acids is 1. The summed E-state index contributed by atoms with van der Waals surface area (Å²) in [5, 5.41) is 9.39. The smallest absolute Gasteiger partial charge is 0.319 e. The van der Waals surface area contributed by atoms with Gasteiger partial charge in [-0.3, -0.25) is 4.79 Å². The molecule has 0 fully saturated rings. The predicted octanol–water partition coefficient (Wildman–Crippen LogP) is 3.26. The second kappa shape index (κ2) is 6.45. The van der Waals surface area contributed by atoms with Crippen LogP contribution in [-0.2, 0) is 21.1 Å². The van der Waals surface area contributed by atoms with Crippen LogP contribution in [0.1, 0.15) is 23.7 Å². The molecule has 0 heterocycles. The summed E-state index contributed by atoms with van der Waals surface area (Å²) in [6, 6.07) is 11.5. The summed E-state index contributed by atoms with van der Waals surface area (Å²) in [4.78, 5) is 10.6. The number of sulfone groups is 1. The largest absolute Gasteiger partial charge is 0.486 e. The summed E-state index contributed by atoms with van der Waals surface area (Å²) in [6.07, 6.45) is 1.52. The van der Waals surface area contributed by atoms with Crippen LogP contribution in [0.15, 0.2) is 47.4 Å². The number of ether oxygens (including phenoxy) is 1. The Bertz CT molecular complexity index is 874. The van der Waals surface area contributed by atoms with E-state index in [-0.39, 0.29) is 11.0 Å². The molecule has 7 heteroatoms. The number of fused-ring (bicyclic) bond motifs is 1. The van der Waals surface area contributed by atoms with Crippen LogP contribution in [0.5, 0.6) is 5.75 Å². The molecule has 2 aromatic carbocycles. The van der Waals surface area contributed by atoms with Gasteiger partial charge in [0.15, 0.2) is 15.6 Å². The number of carbonyl (C=O) groups is 1. The van der Waals surface area contributed by atoms with E-state index in [0.717, 1.165) is 29.0 Å². The van der Waals surface area contributed by atoms with E-state index in [1.54, 1.807) is 0 Å². The molecule has 0 aliphatic heterocycles.